The van der Waals surface area contributed by atoms with Crippen molar-refractivity contribution in [2.75, 3.05) is 68.6 Å². The van der Waals surface area contributed by atoms with Crippen molar-refractivity contribution in [1.29, 1.82) is 0 Å². The molecule has 5 nitrogen and oxygen atoms in total. The van der Waals surface area contributed by atoms with E-state index in [-0.39, 0.29) is 0 Å². The zero-order chi connectivity index (χ0) is 21.1. The first-order valence-electron chi connectivity index (χ1n) is 10.4. The first kappa shape index (κ1) is 21.5. The lowest BCUT2D eigenvalue weighted by Crippen LogP contribution is -2.36. The molecule has 0 bridgehead atoms. The summed E-state index contributed by atoms with van der Waals surface area (Å²) in [4.78, 5) is 0. The van der Waals surface area contributed by atoms with E-state index in [2.05, 4.69) is 54.4 Å². The summed E-state index contributed by atoms with van der Waals surface area (Å²) in [5, 5.41) is 2.21. The smallest absolute Gasteiger partial charge is 0.139 e. The molecule has 0 aliphatic rings. The molecular formula is C24H36N2O3+2. The van der Waals surface area contributed by atoms with E-state index < -0.39 is 0 Å². The van der Waals surface area contributed by atoms with Crippen LogP contribution in [-0.2, 0) is 0 Å². The molecule has 0 atom stereocenters. The van der Waals surface area contributed by atoms with Gasteiger partial charge in [-0.05, 0) is 24.3 Å². The summed E-state index contributed by atoms with van der Waals surface area (Å²) in [6, 6.07) is 12.2. The summed E-state index contributed by atoms with van der Waals surface area (Å²) in [5.74, 6) is 1.71. The molecule has 0 fully saturated rings. The summed E-state index contributed by atoms with van der Waals surface area (Å²) < 4.78 is 19.8. The average molecular weight is 401 g/mol. The Morgan fingerprint density at radius 2 is 1.07 bits per heavy atom. The van der Waals surface area contributed by atoms with Gasteiger partial charge in [0.2, 0.25) is 0 Å². The fourth-order valence-electron chi connectivity index (χ4n) is 3.38. The van der Waals surface area contributed by atoms with E-state index in [1.165, 1.54) is 0 Å². The molecule has 158 valence electrons. The summed E-state index contributed by atoms with van der Waals surface area (Å²) >= 11 is 0. The van der Waals surface area contributed by atoms with Gasteiger partial charge in [-0.2, -0.15) is 0 Å². The number of furan rings is 1. The Kier molecular flexibility index (Phi) is 6.39. The van der Waals surface area contributed by atoms with Gasteiger partial charge in [-0.15, -0.1) is 0 Å². The number of quaternary nitrogens is 2. The first-order valence-corrected chi connectivity index (χ1v) is 10.4. The molecule has 0 unspecified atom stereocenters. The number of rotatable bonds is 10. The lowest BCUT2D eigenvalue weighted by molar-refractivity contribution is -0.870. The molecule has 3 aromatic rings. The highest BCUT2D eigenvalue weighted by Crippen LogP contribution is 2.33. The van der Waals surface area contributed by atoms with Crippen molar-refractivity contribution in [3.8, 4) is 11.5 Å². The Labute approximate surface area is 174 Å². The van der Waals surface area contributed by atoms with Crippen LogP contribution < -0.4 is 9.47 Å². The third-order valence-corrected chi connectivity index (χ3v) is 4.90. The van der Waals surface area contributed by atoms with Crippen LogP contribution >= 0.6 is 0 Å². The van der Waals surface area contributed by atoms with Gasteiger partial charge in [0.1, 0.15) is 22.7 Å². The zero-order valence-electron chi connectivity index (χ0n) is 18.8. The van der Waals surface area contributed by atoms with Gasteiger partial charge in [0, 0.05) is 35.7 Å². The van der Waals surface area contributed by atoms with Gasteiger partial charge in [-0.25, -0.2) is 0 Å². The number of ether oxygens (including phenoxy) is 2. The molecule has 0 saturated carbocycles. The van der Waals surface area contributed by atoms with E-state index in [9.17, 15) is 0 Å². The number of hydrogen-bond acceptors (Lipinski definition) is 3. The number of fused-ring (bicyclic) bond motifs is 3. The summed E-state index contributed by atoms with van der Waals surface area (Å²) in [5.41, 5.74) is 1.71. The van der Waals surface area contributed by atoms with Crippen LogP contribution in [0.2, 0.25) is 0 Å². The van der Waals surface area contributed by atoms with Crippen LogP contribution in [0.4, 0.5) is 0 Å². The van der Waals surface area contributed by atoms with Crippen molar-refractivity contribution >= 4 is 21.9 Å². The van der Waals surface area contributed by atoms with Crippen molar-refractivity contribution in [3.05, 3.63) is 36.4 Å². The van der Waals surface area contributed by atoms with Crippen LogP contribution in [0, 0.1) is 0 Å². The van der Waals surface area contributed by atoms with Crippen LogP contribution in [0.1, 0.15) is 12.8 Å². The van der Waals surface area contributed by atoms with Crippen molar-refractivity contribution in [1.82, 2.24) is 0 Å². The lowest BCUT2D eigenvalue weighted by atomic mass is 10.1. The molecule has 0 aliphatic carbocycles. The Hall–Kier alpha value is -2.24. The third-order valence-electron chi connectivity index (χ3n) is 4.90. The largest absolute Gasteiger partial charge is 0.493 e. The van der Waals surface area contributed by atoms with Crippen molar-refractivity contribution < 1.29 is 22.9 Å². The van der Waals surface area contributed by atoms with Crippen LogP contribution in [0.25, 0.3) is 21.9 Å². The maximum absolute atomic E-state index is 6.09. The Morgan fingerprint density at radius 1 is 0.655 bits per heavy atom. The van der Waals surface area contributed by atoms with Crippen molar-refractivity contribution in [2.24, 2.45) is 0 Å². The van der Waals surface area contributed by atoms with Crippen LogP contribution in [0.15, 0.2) is 40.8 Å². The minimum absolute atomic E-state index is 0.715. The fourth-order valence-corrected chi connectivity index (χ4v) is 3.38. The highest BCUT2D eigenvalue weighted by Gasteiger charge is 2.11. The lowest BCUT2D eigenvalue weighted by Gasteiger charge is -2.23. The molecule has 0 amide bonds. The maximum atomic E-state index is 6.09. The van der Waals surface area contributed by atoms with E-state index in [0.717, 1.165) is 68.3 Å². The molecule has 2 aromatic carbocycles. The molecule has 29 heavy (non-hydrogen) atoms. The summed E-state index contributed by atoms with van der Waals surface area (Å²) in [6.07, 6.45) is 2.05. The van der Waals surface area contributed by atoms with Gasteiger partial charge in [0.25, 0.3) is 0 Å². The molecule has 3 rings (SSSR count). The standard InChI is InChI=1S/C24H36N2O3/c1-25(2,3)13-7-15-27-19-9-11-21-22-12-10-20(18-24(22)29-23(21)17-19)28-16-8-14-26(4,5)6/h9-12,17-18H,7-8,13-16H2,1-6H3/q+2. The fraction of sp³-hybridized carbons (Fsp3) is 0.500. The molecule has 0 radical (unpaired) electrons. The van der Waals surface area contributed by atoms with E-state index in [0.29, 0.717) is 13.2 Å². The van der Waals surface area contributed by atoms with E-state index >= 15 is 0 Å². The molecule has 0 saturated heterocycles. The number of hydrogen-bond donors (Lipinski definition) is 0. The van der Waals surface area contributed by atoms with Crippen LogP contribution in [-0.4, -0.2) is 77.6 Å². The summed E-state index contributed by atoms with van der Waals surface area (Å²) in [7, 11) is 13.2. The van der Waals surface area contributed by atoms with Gasteiger partial charge in [-0.3, -0.25) is 0 Å². The highest BCUT2D eigenvalue weighted by molar-refractivity contribution is 6.05. The quantitative estimate of drug-likeness (QED) is 0.370. The van der Waals surface area contributed by atoms with Crippen LogP contribution in [0.3, 0.4) is 0 Å². The SMILES string of the molecule is C[N+](C)(C)CCCOc1ccc2c(c1)oc1cc(OCCC[N+](C)(C)C)ccc12. The predicted molar refractivity (Wildman–Crippen MR) is 120 cm³/mol. The van der Waals surface area contributed by atoms with Gasteiger partial charge < -0.3 is 22.9 Å². The molecule has 0 N–H and O–H groups in total. The van der Waals surface area contributed by atoms with Gasteiger partial charge in [0.15, 0.2) is 0 Å². The molecule has 0 aliphatic heterocycles. The van der Waals surface area contributed by atoms with Crippen molar-refractivity contribution in [3.63, 3.8) is 0 Å². The van der Waals surface area contributed by atoms with Crippen molar-refractivity contribution in [2.45, 2.75) is 12.8 Å². The normalized spacial score (nSPS) is 12.6. The molecule has 5 heteroatoms. The van der Waals surface area contributed by atoms with Gasteiger partial charge >= 0.3 is 0 Å². The summed E-state index contributed by atoms with van der Waals surface area (Å²) in [6.45, 7) is 3.61. The maximum Gasteiger partial charge on any atom is 0.139 e. The second-order valence-electron chi connectivity index (χ2n) is 9.85. The second-order valence-corrected chi connectivity index (χ2v) is 9.85. The third kappa shape index (κ3) is 6.38. The number of benzene rings is 2. The minimum Gasteiger partial charge on any atom is -0.493 e. The molecule has 0 spiro atoms. The number of nitrogens with zero attached hydrogens (tertiary/aromatic N) is 2. The zero-order valence-corrected chi connectivity index (χ0v) is 18.8. The predicted octanol–water partition coefficient (Wildman–Crippen LogP) is 4.54. The Balaban J connectivity index is 1.64. The second kappa shape index (κ2) is 8.64. The minimum atomic E-state index is 0.715. The average Bonchev–Trinajstić information content (AvgIpc) is 2.97. The molecule has 1 aromatic heterocycles. The van der Waals surface area contributed by atoms with E-state index in [1.54, 1.807) is 0 Å². The van der Waals surface area contributed by atoms with E-state index in [4.69, 9.17) is 13.9 Å². The van der Waals surface area contributed by atoms with Gasteiger partial charge in [-0.1, -0.05) is 0 Å². The van der Waals surface area contributed by atoms with Gasteiger partial charge in [0.05, 0.1) is 68.6 Å². The topological polar surface area (TPSA) is 31.6 Å². The highest BCUT2D eigenvalue weighted by atomic mass is 16.5. The Morgan fingerprint density at radius 3 is 1.45 bits per heavy atom. The van der Waals surface area contributed by atoms with E-state index in [1.807, 2.05) is 24.3 Å². The molecule has 1 heterocycles. The first-order chi connectivity index (χ1) is 13.6. The monoisotopic (exact) mass is 400 g/mol. The molecular weight excluding hydrogens is 364 g/mol. The Bertz CT molecular complexity index is 872. The van der Waals surface area contributed by atoms with Crippen LogP contribution in [0.5, 0.6) is 11.5 Å².